The lowest BCUT2D eigenvalue weighted by Crippen LogP contribution is -2.03. The van der Waals surface area contributed by atoms with Crippen molar-refractivity contribution in [1.29, 1.82) is 5.26 Å². The zero-order chi connectivity index (χ0) is 22.1. The minimum atomic E-state index is -0.476. The molecule has 0 unspecified atom stereocenters. The monoisotopic (exact) mass is 425 g/mol. The Morgan fingerprint density at radius 3 is 2.32 bits per heavy atom. The maximum atomic E-state index is 12.1. The lowest BCUT2D eigenvalue weighted by molar-refractivity contribution is -0.138. The molecule has 0 aliphatic heterocycles. The van der Waals surface area contributed by atoms with E-state index in [1.54, 1.807) is 12.1 Å². The topological polar surface area (TPSA) is 67.2 Å². The van der Waals surface area contributed by atoms with Gasteiger partial charge in [-0.3, -0.25) is 4.79 Å². The number of nitriles is 1. The van der Waals surface area contributed by atoms with E-state index in [1.807, 2.05) is 48.5 Å². The van der Waals surface area contributed by atoms with Crippen LogP contribution in [0.15, 0.2) is 78.2 Å². The largest absolute Gasteiger partial charge is 0.463 e. The first kappa shape index (κ1) is 21.9. The van der Waals surface area contributed by atoms with Gasteiger partial charge in [-0.1, -0.05) is 42.3 Å². The summed E-state index contributed by atoms with van der Waals surface area (Å²) in [6.45, 7) is 3.54. The van der Waals surface area contributed by atoms with Crippen molar-refractivity contribution in [2.45, 2.75) is 17.7 Å². The molecule has 0 fully saturated rings. The molecule has 3 aromatic rings. The highest BCUT2D eigenvalue weighted by atomic mass is 32.2. The Morgan fingerprint density at radius 2 is 1.58 bits per heavy atom. The van der Waals surface area contributed by atoms with Gasteiger partial charge in [0.25, 0.3) is 0 Å². The van der Waals surface area contributed by atoms with Crippen LogP contribution in [0.4, 0.5) is 0 Å². The molecule has 0 aliphatic carbocycles. The molecule has 3 aromatic carbocycles. The molecule has 0 atom stereocenters. The van der Waals surface area contributed by atoms with Crippen LogP contribution in [0.1, 0.15) is 29.5 Å². The van der Waals surface area contributed by atoms with Gasteiger partial charge in [0.1, 0.15) is 0 Å². The Morgan fingerprint density at radius 1 is 0.935 bits per heavy atom. The van der Waals surface area contributed by atoms with E-state index in [9.17, 15) is 9.59 Å². The molecule has 0 radical (unpaired) electrons. The molecule has 0 N–H and O–H groups in total. The van der Waals surface area contributed by atoms with Crippen molar-refractivity contribution in [1.82, 2.24) is 0 Å². The second kappa shape index (κ2) is 10.8. The number of carbonyl (C=O) groups is 2. The number of fused-ring (bicyclic) bond motifs is 1. The third-order valence-corrected chi connectivity index (χ3v) is 5.27. The summed E-state index contributed by atoms with van der Waals surface area (Å²) in [7, 11) is 0. The van der Waals surface area contributed by atoms with Gasteiger partial charge >= 0.3 is 5.97 Å². The summed E-state index contributed by atoms with van der Waals surface area (Å²) in [4.78, 5) is 24.0. The van der Waals surface area contributed by atoms with E-state index < -0.39 is 5.97 Å². The maximum Gasteiger partial charge on any atom is 0.330 e. The van der Waals surface area contributed by atoms with Crippen LogP contribution in [0.2, 0.25) is 0 Å². The van der Waals surface area contributed by atoms with Crippen LogP contribution >= 0.6 is 11.8 Å². The molecule has 0 heterocycles. The summed E-state index contributed by atoms with van der Waals surface area (Å²) in [6.07, 6.45) is 1.92. The smallest absolute Gasteiger partial charge is 0.330 e. The van der Waals surface area contributed by atoms with E-state index in [1.165, 1.54) is 11.8 Å². The zero-order valence-electron chi connectivity index (χ0n) is 16.8. The molecule has 0 bridgehead atoms. The number of thioether (sulfide) groups is 1. The Bertz CT molecular complexity index is 1230. The zero-order valence-corrected chi connectivity index (χ0v) is 17.6. The van der Waals surface area contributed by atoms with Gasteiger partial charge in [0.2, 0.25) is 0 Å². The number of nitrogens with zero attached hydrogens (tertiary/aromatic N) is 1. The second-order valence-corrected chi connectivity index (χ2v) is 7.74. The highest BCUT2D eigenvalue weighted by molar-refractivity contribution is 8.13. The molecule has 0 amide bonds. The number of esters is 1. The van der Waals surface area contributed by atoms with Gasteiger partial charge in [0, 0.05) is 28.5 Å². The lowest BCUT2D eigenvalue weighted by atomic mass is 10.1. The first-order valence-electron chi connectivity index (χ1n) is 9.63. The summed E-state index contributed by atoms with van der Waals surface area (Å²) in [5, 5.41) is 11.0. The summed E-state index contributed by atoms with van der Waals surface area (Å²) in [5.74, 6) is 5.77. The number of hydrogen-bond acceptors (Lipinski definition) is 5. The third kappa shape index (κ3) is 6.60. The molecule has 3 rings (SSSR count). The van der Waals surface area contributed by atoms with Crippen molar-refractivity contribution >= 4 is 33.6 Å². The Balaban J connectivity index is 1.61. The van der Waals surface area contributed by atoms with Crippen molar-refractivity contribution in [3.8, 4) is 17.9 Å². The van der Waals surface area contributed by atoms with Crippen molar-refractivity contribution in [2.75, 3.05) is 6.61 Å². The fraction of sp³-hybridized carbons (Fsp3) is 0.115. The van der Waals surface area contributed by atoms with Crippen LogP contribution in [0.25, 0.3) is 10.8 Å². The minimum Gasteiger partial charge on any atom is -0.463 e. The van der Waals surface area contributed by atoms with Crippen molar-refractivity contribution in [3.05, 3.63) is 90.0 Å². The number of carbonyl (C=O) groups excluding carboxylic acids is 2. The van der Waals surface area contributed by atoms with Crippen LogP contribution in [0.3, 0.4) is 0 Å². The van der Waals surface area contributed by atoms with Gasteiger partial charge in [-0.25, -0.2) is 4.79 Å². The number of benzene rings is 3. The summed E-state index contributed by atoms with van der Waals surface area (Å²) < 4.78 is 4.88. The minimum absolute atomic E-state index is 0.0268. The maximum absolute atomic E-state index is 12.1. The van der Waals surface area contributed by atoms with E-state index in [4.69, 9.17) is 10.00 Å². The van der Waals surface area contributed by atoms with E-state index in [2.05, 4.69) is 24.5 Å². The van der Waals surface area contributed by atoms with E-state index in [-0.39, 0.29) is 11.7 Å². The molecule has 4 nitrogen and oxygen atoms in total. The van der Waals surface area contributed by atoms with Gasteiger partial charge in [0.15, 0.2) is 5.12 Å². The van der Waals surface area contributed by atoms with Crippen LogP contribution in [-0.2, 0) is 14.3 Å². The predicted octanol–water partition coefficient (Wildman–Crippen LogP) is 5.24. The van der Waals surface area contributed by atoms with Crippen LogP contribution in [0.5, 0.6) is 0 Å². The van der Waals surface area contributed by atoms with Gasteiger partial charge in [-0.05, 0) is 65.7 Å². The molecule has 152 valence electrons. The van der Waals surface area contributed by atoms with Gasteiger partial charge in [-0.15, -0.1) is 0 Å². The molecule has 31 heavy (non-hydrogen) atoms. The standard InChI is InChI=1S/C26H19NO3S/c1-2-25(28)30-15-3-4-26(29)31-24-14-13-22-16-20(11-12-23(22)17-24)8-5-19-6-9-21(18-27)10-7-19/h2,6-7,9-14,16-17H,1,3-4,15H2. The van der Waals surface area contributed by atoms with E-state index in [0.717, 1.165) is 32.9 Å². The van der Waals surface area contributed by atoms with Crippen LogP contribution in [-0.4, -0.2) is 17.7 Å². The highest BCUT2D eigenvalue weighted by Gasteiger charge is 2.07. The van der Waals surface area contributed by atoms with Crippen molar-refractivity contribution in [2.24, 2.45) is 0 Å². The Labute approximate surface area is 185 Å². The fourth-order valence-corrected chi connectivity index (χ4v) is 3.60. The summed E-state index contributed by atoms with van der Waals surface area (Å²) in [6, 6.07) is 21.1. The van der Waals surface area contributed by atoms with Gasteiger partial charge in [-0.2, -0.15) is 5.26 Å². The fourth-order valence-electron chi connectivity index (χ4n) is 2.77. The molecule has 5 heteroatoms. The SMILES string of the molecule is C=CC(=O)OCCCC(=O)Sc1ccc2cc(C#Cc3ccc(C#N)cc3)ccc2c1. The van der Waals surface area contributed by atoms with Crippen LogP contribution in [0, 0.1) is 23.2 Å². The predicted molar refractivity (Wildman–Crippen MR) is 122 cm³/mol. The third-order valence-electron chi connectivity index (χ3n) is 4.34. The molecule has 0 aliphatic rings. The van der Waals surface area contributed by atoms with Crippen LogP contribution < -0.4 is 0 Å². The first-order chi connectivity index (χ1) is 15.1. The van der Waals surface area contributed by atoms with Gasteiger partial charge < -0.3 is 4.74 Å². The Kier molecular flexibility index (Phi) is 7.65. The van der Waals surface area contributed by atoms with E-state index >= 15 is 0 Å². The first-order valence-corrected chi connectivity index (χ1v) is 10.4. The highest BCUT2D eigenvalue weighted by Crippen LogP contribution is 2.26. The quantitative estimate of drug-likeness (QED) is 0.178. The molecule has 0 saturated carbocycles. The molecular weight excluding hydrogens is 406 g/mol. The molecule has 0 spiro atoms. The van der Waals surface area contributed by atoms with Gasteiger partial charge in [0.05, 0.1) is 18.2 Å². The average Bonchev–Trinajstić information content (AvgIpc) is 2.80. The Hall–Kier alpha value is -3.80. The van der Waals surface area contributed by atoms with Crippen molar-refractivity contribution in [3.63, 3.8) is 0 Å². The molecular formula is C26H19NO3S. The lowest BCUT2D eigenvalue weighted by Gasteiger charge is -2.04. The molecule has 0 saturated heterocycles. The number of rotatable bonds is 6. The molecule has 0 aromatic heterocycles. The normalized spacial score (nSPS) is 9.90. The number of ether oxygens (including phenoxy) is 1. The average molecular weight is 426 g/mol. The number of hydrogen-bond donors (Lipinski definition) is 0. The summed E-state index contributed by atoms with van der Waals surface area (Å²) in [5.41, 5.74) is 2.35. The summed E-state index contributed by atoms with van der Waals surface area (Å²) >= 11 is 1.19. The van der Waals surface area contributed by atoms with E-state index in [0.29, 0.717) is 18.4 Å². The second-order valence-electron chi connectivity index (χ2n) is 6.61. The van der Waals surface area contributed by atoms with Crippen molar-refractivity contribution < 1.29 is 14.3 Å².